The average molecular weight is 436 g/mol. The van der Waals surface area contributed by atoms with Crippen LogP contribution < -0.4 is 15.3 Å². The van der Waals surface area contributed by atoms with Crippen LogP contribution in [0.4, 0.5) is 11.5 Å². The van der Waals surface area contributed by atoms with Gasteiger partial charge in [0.25, 0.3) is 0 Å². The summed E-state index contributed by atoms with van der Waals surface area (Å²) in [5.41, 5.74) is 5.43. The smallest absolute Gasteiger partial charge is 0.240 e. The number of piperazine rings is 1. The van der Waals surface area contributed by atoms with Gasteiger partial charge in [0.1, 0.15) is 5.82 Å². The number of fused-ring (bicyclic) bond motifs is 1. The minimum atomic E-state index is 0.111. The molecule has 7 heteroatoms. The van der Waals surface area contributed by atoms with E-state index < -0.39 is 0 Å². The maximum atomic E-state index is 11.6. The Hall–Kier alpha value is -2.64. The normalized spacial score (nSPS) is 17.5. The lowest BCUT2D eigenvalue weighted by atomic mass is 10.1. The van der Waals surface area contributed by atoms with Gasteiger partial charge in [-0.3, -0.25) is 20.1 Å². The van der Waals surface area contributed by atoms with Crippen molar-refractivity contribution in [2.45, 2.75) is 25.7 Å². The van der Waals surface area contributed by atoms with E-state index in [1.54, 1.807) is 11.5 Å². The van der Waals surface area contributed by atoms with E-state index in [-0.39, 0.29) is 5.91 Å². The number of benzene rings is 2. The van der Waals surface area contributed by atoms with E-state index in [9.17, 15) is 4.79 Å². The number of nitrogens with one attached hydrogen (secondary N) is 1. The summed E-state index contributed by atoms with van der Waals surface area (Å²) in [6.45, 7) is 6.20. The molecule has 2 aliphatic rings. The first-order valence-electron chi connectivity index (χ1n) is 11.2. The second kappa shape index (κ2) is 9.24. The van der Waals surface area contributed by atoms with Gasteiger partial charge in [-0.2, -0.15) is 4.37 Å². The number of anilines is 2. The number of rotatable bonds is 7. The predicted molar refractivity (Wildman–Crippen MR) is 128 cm³/mol. The number of carbonyl (C=O) groups is 1. The molecule has 3 heterocycles. The van der Waals surface area contributed by atoms with Gasteiger partial charge in [0, 0.05) is 44.5 Å². The number of unbranched alkanes of at least 4 members (excludes halogenated alkanes) is 1. The molecular weight excluding hydrogens is 406 g/mol. The zero-order valence-corrected chi connectivity index (χ0v) is 18.6. The van der Waals surface area contributed by atoms with E-state index in [1.165, 1.54) is 22.1 Å². The van der Waals surface area contributed by atoms with Gasteiger partial charge in [-0.05, 0) is 61.1 Å². The van der Waals surface area contributed by atoms with Gasteiger partial charge in [-0.25, -0.2) is 0 Å². The van der Waals surface area contributed by atoms with Crippen LogP contribution in [0.15, 0.2) is 48.5 Å². The Morgan fingerprint density at radius 1 is 0.935 bits per heavy atom. The fourth-order valence-corrected chi connectivity index (χ4v) is 5.37. The highest BCUT2D eigenvalue weighted by Crippen LogP contribution is 2.30. The summed E-state index contributed by atoms with van der Waals surface area (Å²) in [4.78, 5) is 16.6. The van der Waals surface area contributed by atoms with E-state index in [1.807, 2.05) is 11.1 Å². The number of nitrogens with zero attached hydrogens (tertiary/aromatic N) is 4. The second-order valence-electron chi connectivity index (χ2n) is 8.35. The van der Waals surface area contributed by atoms with Gasteiger partial charge in [-0.1, -0.05) is 30.3 Å². The van der Waals surface area contributed by atoms with Crippen LogP contribution in [-0.2, 0) is 11.2 Å². The molecule has 5 rings (SSSR count). The van der Waals surface area contributed by atoms with Crippen molar-refractivity contribution in [2.24, 2.45) is 0 Å². The highest BCUT2D eigenvalue weighted by molar-refractivity contribution is 7.13. The first-order valence-corrected chi connectivity index (χ1v) is 12.0. The molecule has 2 saturated heterocycles. The van der Waals surface area contributed by atoms with Crippen LogP contribution >= 0.6 is 11.5 Å². The molecule has 0 bridgehead atoms. The standard InChI is InChI=1S/C24H29N5OS/c30-23-12-14-29(25-23)21-10-3-1-7-19(21)8-5-6-13-27-15-17-28(18-16-27)24-20-9-2-4-11-22(20)31-26-24/h1-4,7,9-11H,5-6,8,12-18H2,(H,25,30). The van der Waals surface area contributed by atoms with Crippen LogP contribution in [0.25, 0.3) is 10.1 Å². The number of hydrazine groups is 1. The molecule has 162 valence electrons. The number of para-hydroxylation sites is 1. The molecule has 1 N–H and O–H groups in total. The van der Waals surface area contributed by atoms with E-state index in [2.05, 4.69) is 57.7 Å². The summed E-state index contributed by atoms with van der Waals surface area (Å²) in [6, 6.07) is 17.0. The molecule has 1 aromatic heterocycles. The number of aryl methyl sites for hydroxylation is 1. The molecule has 2 aromatic carbocycles. The highest BCUT2D eigenvalue weighted by Gasteiger charge is 2.22. The number of amides is 1. The Morgan fingerprint density at radius 2 is 1.74 bits per heavy atom. The van der Waals surface area contributed by atoms with Gasteiger partial charge in [0.05, 0.1) is 10.4 Å². The molecule has 31 heavy (non-hydrogen) atoms. The van der Waals surface area contributed by atoms with Gasteiger partial charge in [0.2, 0.25) is 5.91 Å². The summed E-state index contributed by atoms with van der Waals surface area (Å²) < 4.78 is 5.99. The summed E-state index contributed by atoms with van der Waals surface area (Å²) in [6.07, 6.45) is 3.99. The van der Waals surface area contributed by atoms with Crippen molar-refractivity contribution < 1.29 is 4.79 Å². The lowest BCUT2D eigenvalue weighted by Gasteiger charge is -2.35. The SMILES string of the molecule is O=C1CCN(c2ccccc2CCCCN2CCN(c3nsc4ccccc34)CC2)N1. The van der Waals surface area contributed by atoms with Crippen molar-refractivity contribution in [1.82, 2.24) is 14.7 Å². The molecule has 0 unspecified atom stereocenters. The van der Waals surface area contributed by atoms with Gasteiger partial charge < -0.3 is 4.90 Å². The Bertz CT molecular complexity index is 1040. The van der Waals surface area contributed by atoms with Crippen molar-refractivity contribution in [3.05, 3.63) is 54.1 Å². The van der Waals surface area contributed by atoms with Gasteiger partial charge in [0.15, 0.2) is 0 Å². The molecule has 1 amide bonds. The van der Waals surface area contributed by atoms with Crippen molar-refractivity contribution >= 4 is 39.0 Å². The maximum absolute atomic E-state index is 11.6. The largest absolute Gasteiger partial charge is 0.353 e. The fourth-order valence-electron chi connectivity index (χ4n) is 4.58. The van der Waals surface area contributed by atoms with E-state index in [4.69, 9.17) is 4.37 Å². The highest BCUT2D eigenvalue weighted by atomic mass is 32.1. The van der Waals surface area contributed by atoms with Crippen LogP contribution in [0.1, 0.15) is 24.8 Å². The molecule has 0 spiro atoms. The second-order valence-corrected chi connectivity index (χ2v) is 9.16. The third-order valence-corrected chi connectivity index (χ3v) is 7.12. The van der Waals surface area contributed by atoms with Gasteiger partial charge >= 0.3 is 0 Å². The van der Waals surface area contributed by atoms with E-state index in [0.717, 1.165) is 63.6 Å². The van der Waals surface area contributed by atoms with Gasteiger partial charge in [-0.15, -0.1) is 0 Å². The zero-order chi connectivity index (χ0) is 21.0. The maximum Gasteiger partial charge on any atom is 0.240 e. The minimum absolute atomic E-state index is 0.111. The van der Waals surface area contributed by atoms with Crippen LogP contribution in [0.3, 0.4) is 0 Å². The first-order chi connectivity index (χ1) is 15.3. The van der Waals surface area contributed by atoms with Crippen molar-refractivity contribution in [2.75, 3.05) is 49.2 Å². The monoisotopic (exact) mass is 435 g/mol. The number of aromatic nitrogens is 1. The van der Waals surface area contributed by atoms with Crippen LogP contribution in [0, 0.1) is 0 Å². The number of carbonyl (C=O) groups excluding carboxylic acids is 1. The topological polar surface area (TPSA) is 51.7 Å². The van der Waals surface area contributed by atoms with E-state index in [0.29, 0.717) is 6.42 Å². The molecule has 0 atom stereocenters. The predicted octanol–water partition coefficient (Wildman–Crippen LogP) is 3.68. The molecule has 2 aliphatic heterocycles. The minimum Gasteiger partial charge on any atom is -0.353 e. The fraction of sp³-hybridized carbons (Fsp3) is 0.417. The average Bonchev–Trinajstić information content (AvgIpc) is 3.44. The molecule has 0 saturated carbocycles. The Labute approximate surface area is 187 Å². The molecular formula is C24H29N5OS. The molecule has 0 aliphatic carbocycles. The van der Waals surface area contributed by atoms with Crippen molar-refractivity contribution in [3.8, 4) is 0 Å². The Morgan fingerprint density at radius 3 is 2.58 bits per heavy atom. The third-order valence-electron chi connectivity index (χ3n) is 6.31. The first kappa shape index (κ1) is 20.3. The van der Waals surface area contributed by atoms with Crippen LogP contribution in [0.5, 0.6) is 0 Å². The molecule has 0 radical (unpaired) electrons. The molecule has 6 nitrogen and oxygen atoms in total. The number of hydrogen-bond donors (Lipinski definition) is 1. The zero-order valence-electron chi connectivity index (χ0n) is 17.8. The Balaban J connectivity index is 1.09. The quantitative estimate of drug-likeness (QED) is 0.574. The lowest BCUT2D eigenvalue weighted by molar-refractivity contribution is -0.119. The Kier molecular flexibility index (Phi) is 6.04. The molecule has 2 fully saturated rings. The molecule has 3 aromatic rings. The van der Waals surface area contributed by atoms with E-state index >= 15 is 0 Å². The van der Waals surface area contributed by atoms with Crippen LogP contribution in [0.2, 0.25) is 0 Å². The number of hydrogen-bond acceptors (Lipinski definition) is 6. The third kappa shape index (κ3) is 4.52. The van der Waals surface area contributed by atoms with Crippen molar-refractivity contribution in [1.29, 1.82) is 0 Å². The summed E-state index contributed by atoms with van der Waals surface area (Å²) in [7, 11) is 0. The lowest BCUT2D eigenvalue weighted by Crippen LogP contribution is -2.46. The summed E-state index contributed by atoms with van der Waals surface area (Å²) in [5.74, 6) is 1.27. The summed E-state index contributed by atoms with van der Waals surface area (Å²) in [5, 5.41) is 3.29. The van der Waals surface area contributed by atoms with Crippen LogP contribution in [-0.4, -0.2) is 54.4 Å². The van der Waals surface area contributed by atoms with Crippen molar-refractivity contribution in [3.63, 3.8) is 0 Å². The summed E-state index contributed by atoms with van der Waals surface area (Å²) >= 11 is 1.60.